The molecular formula is C17H21F2NO3. The Hall–Kier alpha value is -1.82. The van der Waals surface area contributed by atoms with Gasteiger partial charge in [0.15, 0.2) is 11.5 Å². The number of methoxy groups -OCH3 is 1. The van der Waals surface area contributed by atoms with Gasteiger partial charge in [0.25, 0.3) is 0 Å². The van der Waals surface area contributed by atoms with Crippen LogP contribution in [-0.4, -0.2) is 43.4 Å². The zero-order valence-electron chi connectivity index (χ0n) is 13.3. The Morgan fingerprint density at radius 1 is 1.30 bits per heavy atom. The standard InChI is InChI=1S/C17H21F2NO3/c1-20-8-7-17(6-5-12(21)10-15(17)20)11-3-4-13(22-2)14(9-11)23-16(18)19/h3-4,9-10,12,16,21H,5-8H2,1-2H3/t12-,17-/m0/s1. The predicted octanol–water partition coefficient (Wildman–Crippen LogP) is 2.91. The first-order chi connectivity index (χ1) is 11.0. The molecule has 23 heavy (non-hydrogen) atoms. The van der Waals surface area contributed by atoms with Crippen molar-refractivity contribution < 1.29 is 23.4 Å². The Bertz CT molecular complexity index is 620. The fourth-order valence-corrected chi connectivity index (χ4v) is 3.77. The van der Waals surface area contributed by atoms with Crippen LogP contribution in [0.25, 0.3) is 0 Å². The highest BCUT2D eigenvalue weighted by atomic mass is 19.3. The zero-order chi connectivity index (χ0) is 16.6. The lowest BCUT2D eigenvalue weighted by Gasteiger charge is -2.37. The van der Waals surface area contributed by atoms with Crippen LogP contribution in [0.1, 0.15) is 24.8 Å². The molecule has 6 heteroatoms. The molecule has 126 valence electrons. The van der Waals surface area contributed by atoms with Crippen molar-refractivity contribution in [3.05, 3.63) is 35.5 Å². The SMILES string of the molecule is COc1ccc([C@@]23CC[C@H](O)C=C2N(C)CC3)cc1OC(F)F. The average molecular weight is 325 g/mol. The van der Waals surface area contributed by atoms with Gasteiger partial charge in [0.05, 0.1) is 13.2 Å². The second kappa shape index (κ2) is 6.00. The van der Waals surface area contributed by atoms with Crippen LogP contribution in [0.15, 0.2) is 30.0 Å². The van der Waals surface area contributed by atoms with Crippen molar-refractivity contribution in [1.82, 2.24) is 4.90 Å². The van der Waals surface area contributed by atoms with Gasteiger partial charge in [-0.15, -0.1) is 0 Å². The summed E-state index contributed by atoms with van der Waals surface area (Å²) in [6.45, 7) is -2.03. The number of allylic oxidation sites excluding steroid dienone is 1. The van der Waals surface area contributed by atoms with Crippen LogP contribution in [0.4, 0.5) is 8.78 Å². The van der Waals surface area contributed by atoms with Crippen molar-refractivity contribution in [1.29, 1.82) is 0 Å². The quantitative estimate of drug-likeness (QED) is 0.924. The molecule has 0 radical (unpaired) electrons. The van der Waals surface area contributed by atoms with Crippen LogP contribution < -0.4 is 9.47 Å². The van der Waals surface area contributed by atoms with Gasteiger partial charge in [0.1, 0.15) is 0 Å². The molecule has 1 aromatic rings. The highest BCUT2D eigenvalue weighted by Crippen LogP contribution is 2.50. The highest BCUT2D eigenvalue weighted by molar-refractivity contribution is 5.49. The minimum absolute atomic E-state index is 0.0504. The number of alkyl halides is 2. The minimum atomic E-state index is -2.90. The van der Waals surface area contributed by atoms with E-state index in [4.69, 9.17) is 4.74 Å². The minimum Gasteiger partial charge on any atom is -0.493 e. The van der Waals surface area contributed by atoms with Gasteiger partial charge in [-0.3, -0.25) is 0 Å². The molecule has 4 nitrogen and oxygen atoms in total. The summed E-state index contributed by atoms with van der Waals surface area (Å²) in [4.78, 5) is 2.13. The lowest BCUT2D eigenvalue weighted by molar-refractivity contribution is -0.0513. The molecule has 1 heterocycles. The maximum atomic E-state index is 12.7. The Kier molecular flexibility index (Phi) is 4.19. The summed E-state index contributed by atoms with van der Waals surface area (Å²) in [6.07, 6.45) is 3.77. The number of ether oxygens (including phenoxy) is 2. The third kappa shape index (κ3) is 2.76. The first-order valence-electron chi connectivity index (χ1n) is 7.71. The molecule has 1 saturated heterocycles. The van der Waals surface area contributed by atoms with Crippen LogP contribution in [0.3, 0.4) is 0 Å². The molecule has 1 aliphatic carbocycles. The normalized spacial score (nSPS) is 27.0. The van der Waals surface area contributed by atoms with Crippen LogP contribution in [0.5, 0.6) is 11.5 Å². The fraction of sp³-hybridized carbons (Fsp3) is 0.529. The van der Waals surface area contributed by atoms with Crippen molar-refractivity contribution in [2.24, 2.45) is 0 Å². The van der Waals surface area contributed by atoms with Gasteiger partial charge in [-0.1, -0.05) is 6.07 Å². The van der Waals surface area contributed by atoms with Gasteiger partial charge in [-0.25, -0.2) is 0 Å². The molecule has 3 rings (SSSR count). The molecule has 2 aliphatic rings. The highest BCUT2D eigenvalue weighted by Gasteiger charge is 2.45. The molecule has 0 spiro atoms. The van der Waals surface area contributed by atoms with E-state index in [1.807, 2.05) is 19.2 Å². The molecule has 0 saturated carbocycles. The number of rotatable bonds is 4. The smallest absolute Gasteiger partial charge is 0.387 e. The summed E-state index contributed by atoms with van der Waals surface area (Å²) in [6, 6.07) is 5.22. The van der Waals surface area contributed by atoms with Crippen molar-refractivity contribution in [2.75, 3.05) is 20.7 Å². The Morgan fingerprint density at radius 3 is 2.78 bits per heavy atom. The Morgan fingerprint density at radius 2 is 2.09 bits per heavy atom. The average Bonchev–Trinajstić information content (AvgIpc) is 2.85. The summed E-state index contributed by atoms with van der Waals surface area (Å²) < 4.78 is 35.1. The van der Waals surface area contributed by atoms with Crippen molar-refractivity contribution in [3.63, 3.8) is 0 Å². The maximum Gasteiger partial charge on any atom is 0.387 e. The molecule has 1 aliphatic heterocycles. The molecule has 2 atom stereocenters. The van der Waals surface area contributed by atoms with E-state index >= 15 is 0 Å². The van der Waals surface area contributed by atoms with Crippen LogP contribution in [-0.2, 0) is 5.41 Å². The van der Waals surface area contributed by atoms with Crippen molar-refractivity contribution in [3.8, 4) is 11.5 Å². The molecule has 1 aromatic carbocycles. The van der Waals surface area contributed by atoms with E-state index in [-0.39, 0.29) is 16.9 Å². The van der Waals surface area contributed by atoms with E-state index < -0.39 is 12.7 Å². The van der Waals surface area contributed by atoms with Gasteiger partial charge >= 0.3 is 6.61 Å². The molecule has 1 fully saturated rings. The second-order valence-corrected chi connectivity index (χ2v) is 6.16. The predicted molar refractivity (Wildman–Crippen MR) is 81.9 cm³/mol. The first kappa shape index (κ1) is 16.1. The molecule has 1 N–H and O–H groups in total. The number of likely N-dealkylation sites (N-methyl/N-ethyl adjacent to an activating group) is 1. The zero-order valence-corrected chi connectivity index (χ0v) is 13.3. The maximum absolute atomic E-state index is 12.7. The van der Waals surface area contributed by atoms with Gasteiger partial charge < -0.3 is 19.5 Å². The number of hydrogen-bond donors (Lipinski definition) is 1. The van der Waals surface area contributed by atoms with Crippen molar-refractivity contribution in [2.45, 2.75) is 37.4 Å². The number of halogens is 2. The monoisotopic (exact) mass is 325 g/mol. The number of aliphatic hydroxyl groups is 1. The molecule has 0 amide bonds. The first-order valence-corrected chi connectivity index (χ1v) is 7.71. The molecule has 0 bridgehead atoms. The summed E-state index contributed by atoms with van der Waals surface area (Å²) in [5, 5.41) is 9.94. The number of hydrogen-bond acceptors (Lipinski definition) is 4. The van der Waals surface area contributed by atoms with E-state index in [1.165, 1.54) is 7.11 Å². The lowest BCUT2D eigenvalue weighted by Crippen LogP contribution is -2.33. The van der Waals surface area contributed by atoms with Crippen LogP contribution in [0, 0.1) is 0 Å². The van der Waals surface area contributed by atoms with Crippen LogP contribution >= 0.6 is 0 Å². The van der Waals surface area contributed by atoms with E-state index in [0.717, 1.165) is 30.6 Å². The van der Waals surface area contributed by atoms with Gasteiger partial charge in [0, 0.05) is 24.7 Å². The third-order valence-electron chi connectivity index (χ3n) is 4.92. The topological polar surface area (TPSA) is 41.9 Å². The summed E-state index contributed by atoms with van der Waals surface area (Å²) in [5.41, 5.74) is 1.74. The van der Waals surface area contributed by atoms with Gasteiger partial charge in [-0.2, -0.15) is 8.78 Å². The summed E-state index contributed by atoms with van der Waals surface area (Å²) in [7, 11) is 3.42. The lowest BCUT2D eigenvalue weighted by atomic mass is 9.70. The van der Waals surface area contributed by atoms with Gasteiger partial charge in [-0.05, 0) is 43.0 Å². The number of aliphatic hydroxyl groups excluding tert-OH is 1. The number of fused-ring (bicyclic) bond motifs is 1. The molecule has 0 unspecified atom stereocenters. The largest absolute Gasteiger partial charge is 0.493 e. The Balaban J connectivity index is 2.05. The number of nitrogens with zero attached hydrogens (tertiary/aromatic N) is 1. The van der Waals surface area contributed by atoms with Crippen molar-refractivity contribution >= 4 is 0 Å². The second-order valence-electron chi connectivity index (χ2n) is 6.16. The fourth-order valence-electron chi connectivity index (χ4n) is 3.77. The van der Waals surface area contributed by atoms with E-state index in [0.29, 0.717) is 6.42 Å². The van der Waals surface area contributed by atoms with E-state index in [9.17, 15) is 13.9 Å². The summed E-state index contributed by atoms with van der Waals surface area (Å²) >= 11 is 0. The number of likely N-dealkylation sites (tertiary alicyclic amines) is 1. The van der Waals surface area contributed by atoms with Crippen LogP contribution in [0.2, 0.25) is 0 Å². The Labute approximate surface area is 134 Å². The van der Waals surface area contributed by atoms with E-state index in [1.54, 1.807) is 12.1 Å². The van der Waals surface area contributed by atoms with E-state index in [2.05, 4.69) is 9.64 Å². The molecule has 0 aromatic heterocycles. The summed E-state index contributed by atoms with van der Waals surface area (Å²) in [5.74, 6) is 0.340. The third-order valence-corrected chi connectivity index (χ3v) is 4.92. The molecular weight excluding hydrogens is 304 g/mol. The number of benzene rings is 1. The van der Waals surface area contributed by atoms with Gasteiger partial charge in [0.2, 0.25) is 0 Å².